The average Bonchev–Trinajstić information content (AvgIpc) is 2.99. The quantitative estimate of drug-likeness (QED) is 0.774. The third kappa shape index (κ3) is 2.74. The van der Waals surface area contributed by atoms with Crippen LogP contribution in [0, 0.1) is 0 Å². The summed E-state index contributed by atoms with van der Waals surface area (Å²) in [6, 6.07) is 8.18. The van der Waals surface area contributed by atoms with Crippen molar-refractivity contribution in [3.8, 4) is 5.75 Å². The lowest BCUT2D eigenvalue weighted by Crippen LogP contribution is -1.96. The van der Waals surface area contributed by atoms with E-state index in [0.717, 1.165) is 18.6 Å². The molecule has 2 nitrogen and oxygen atoms in total. The van der Waals surface area contributed by atoms with E-state index in [-0.39, 0.29) is 6.61 Å². The van der Waals surface area contributed by atoms with Crippen LogP contribution in [0.4, 0.5) is 0 Å². The zero-order valence-corrected chi connectivity index (χ0v) is 8.28. The summed E-state index contributed by atoms with van der Waals surface area (Å²) in [6.45, 7) is 0.258. The van der Waals surface area contributed by atoms with Gasteiger partial charge in [-0.15, -0.1) is 0 Å². The molecule has 0 radical (unpaired) electrons. The number of aryl methyl sites for hydroxylation is 1. The molecular weight excluding hydrogens is 176 g/mol. The van der Waals surface area contributed by atoms with Crippen LogP contribution < -0.4 is 4.74 Å². The minimum Gasteiger partial charge on any atom is -0.490 e. The Labute approximate surface area is 84.5 Å². The Bertz CT molecular complexity index is 292. The minimum absolute atomic E-state index is 0.258. The molecule has 1 aliphatic rings. The molecule has 0 atom stereocenters. The van der Waals surface area contributed by atoms with Gasteiger partial charge in [-0.2, -0.15) is 0 Å². The summed E-state index contributed by atoms with van der Waals surface area (Å²) < 4.78 is 5.68. The van der Waals surface area contributed by atoms with Crippen LogP contribution in [0.15, 0.2) is 24.3 Å². The number of benzene rings is 1. The number of ether oxygens (including phenoxy) is 1. The average molecular weight is 192 g/mol. The molecule has 1 saturated carbocycles. The van der Waals surface area contributed by atoms with Crippen LogP contribution >= 0.6 is 0 Å². The van der Waals surface area contributed by atoms with E-state index in [0.29, 0.717) is 6.10 Å². The van der Waals surface area contributed by atoms with E-state index in [1.165, 1.54) is 18.4 Å². The first kappa shape index (κ1) is 9.53. The highest BCUT2D eigenvalue weighted by molar-refractivity contribution is 5.29. The summed E-state index contributed by atoms with van der Waals surface area (Å²) in [5.41, 5.74) is 1.25. The summed E-state index contributed by atoms with van der Waals surface area (Å²) >= 11 is 0. The number of aliphatic hydroxyl groups excluding tert-OH is 1. The van der Waals surface area contributed by atoms with E-state index in [1.54, 1.807) is 0 Å². The topological polar surface area (TPSA) is 29.5 Å². The molecule has 1 N–H and O–H groups in total. The van der Waals surface area contributed by atoms with Crippen molar-refractivity contribution >= 4 is 0 Å². The Kier molecular flexibility index (Phi) is 3.04. The van der Waals surface area contributed by atoms with Crippen molar-refractivity contribution in [3.05, 3.63) is 29.8 Å². The Hall–Kier alpha value is -1.02. The maximum Gasteiger partial charge on any atom is 0.119 e. The maximum atomic E-state index is 8.72. The summed E-state index contributed by atoms with van der Waals surface area (Å²) in [5.74, 6) is 0.975. The van der Waals surface area contributed by atoms with Crippen LogP contribution in [0.1, 0.15) is 24.8 Å². The molecule has 0 unspecified atom stereocenters. The van der Waals surface area contributed by atoms with Gasteiger partial charge >= 0.3 is 0 Å². The maximum absolute atomic E-state index is 8.72. The van der Waals surface area contributed by atoms with Gasteiger partial charge in [0.15, 0.2) is 0 Å². The first-order valence-corrected chi connectivity index (χ1v) is 5.25. The summed E-state index contributed by atoms with van der Waals surface area (Å²) in [6.07, 6.45) is 4.61. The van der Waals surface area contributed by atoms with E-state index in [2.05, 4.69) is 12.1 Å². The predicted octanol–water partition coefficient (Wildman–Crippen LogP) is 2.15. The first-order chi connectivity index (χ1) is 6.88. The van der Waals surface area contributed by atoms with Crippen molar-refractivity contribution in [3.63, 3.8) is 0 Å². The van der Waals surface area contributed by atoms with Crippen molar-refractivity contribution < 1.29 is 9.84 Å². The van der Waals surface area contributed by atoms with Gasteiger partial charge in [0.05, 0.1) is 6.10 Å². The normalized spacial score (nSPS) is 15.5. The van der Waals surface area contributed by atoms with Gasteiger partial charge in [0, 0.05) is 6.61 Å². The zero-order valence-electron chi connectivity index (χ0n) is 8.28. The molecule has 1 fully saturated rings. The molecule has 1 aliphatic carbocycles. The molecule has 14 heavy (non-hydrogen) atoms. The molecular formula is C12H16O2. The second-order valence-corrected chi connectivity index (χ2v) is 3.79. The van der Waals surface area contributed by atoms with E-state index in [4.69, 9.17) is 9.84 Å². The lowest BCUT2D eigenvalue weighted by molar-refractivity contribution is 0.288. The number of rotatable bonds is 5. The number of aliphatic hydroxyl groups is 1. The van der Waals surface area contributed by atoms with Crippen LogP contribution in [-0.2, 0) is 6.42 Å². The molecule has 0 heterocycles. The molecule has 0 spiro atoms. The van der Waals surface area contributed by atoms with Crippen LogP contribution in [0.5, 0.6) is 5.75 Å². The van der Waals surface area contributed by atoms with Crippen molar-refractivity contribution in [2.75, 3.05) is 6.61 Å². The molecule has 0 amide bonds. The molecule has 0 saturated heterocycles. The Morgan fingerprint density at radius 3 is 2.93 bits per heavy atom. The van der Waals surface area contributed by atoms with E-state index in [1.807, 2.05) is 12.1 Å². The lowest BCUT2D eigenvalue weighted by atomic mass is 10.1. The van der Waals surface area contributed by atoms with E-state index >= 15 is 0 Å². The van der Waals surface area contributed by atoms with Crippen molar-refractivity contribution in [1.82, 2.24) is 0 Å². The van der Waals surface area contributed by atoms with E-state index in [9.17, 15) is 0 Å². The number of hydrogen-bond donors (Lipinski definition) is 1. The molecule has 0 aliphatic heterocycles. The van der Waals surface area contributed by atoms with Gasteiger partial charge in [-0.05, 0) is 43.4 Å². The molecule has 0 aromatic heterocycles. The monoisotopic (exact) mass is 192 g/mol. The molecule has 1 aromatic rings. The van der Waals surface area contributed by atoms with Gasteiger partial charge in [0.1, 0.15) is 5.75 Å². The van der Waals surface area contributed by atoms with Crippen LogP contribution in [-0.4, -0.2) is 17.8 Å². The minimum atomic E-state index is 0.258. The Balaban J connectivity index is 1.94. The van der Waals surface area contributed by atoms with Gasteiger partial charge in [-0.1, -0.05) is 12.1 Å². The fraction of sp³-hybridized carbons (Fsp3) is 0.500. The van der Waals surface area contributed by atoms with Crippen molar-refractivity contribution in [1.29, 1.82) is 0 Å². The standard InChI is InChI=1S/C12H16O2/c13-8-2-4-10-3-1-5-12(9-10)14-11-6-7-11/h1,3,5,9,11,13H,2,4,6-8H2. The van der Waals surface area contributed by atoms with Gasteiger partial charge in [-0.3, -0.25) is 0 Å². The van der Waals surface area contributed by atoms with Crippen LogP contribution in [0.2, 0.25) is 0 Å². The SMILES string of the molecule is OCCCc1cccc(OC2CC2)c1. The highest BCUT2D eigenvalue weighted by Crippen LogP contribution is 2.27. The third-order valence-corrected chi connectivity index (χ3v) is 2.35. The second kappa shape index (κ2) is 4.47. The fourth-order valence-electron chi connectivity index (χ4n) is 1.44. The molecule has 2 heteroatoms. The second-order valence-electron chi connectivity index (χ2n) is 3.79. The Morgan fingerprint density at radius 1 is 1.36 bits per heavy atom. The van der Waals surface area contributed by atoms with Crippen LogP contribution in [0.3, 0.4) is 0 Å². The summed E-state index contributed by atoms with van der Waals surface area (Å²) in [5, 5.41) is 8.72. The predicted molar refractivity (Wildman–Crippen MR) is 55.5 cm³/mol. The fourth-order valence-corrected chi connectivity index (χ4v) is 1.44. The number of hydrogen-bond acceptors (Lipinski definition) is 2. The van der Waals surface area contributed by atoms with E-state index < -0.39 is 0 Å². The lowest BCUT2D eigenvalue weighted by Gasteiger charge is -2.06. The third-order valence-electron chi connectivity index (χ3n) is 2.35. The summed E-state index contributed by atoms with van der Waals surface area (Å²) in [4.78, 5) is 0. The smallest absolute Gasteiger partial charge is 0.119 e. The molecule has 0 bridgehead atoms. The zero-order chi connectivity index (χ0) is 9.80. The highest BCUT2D eigenvalue weighted by atomic mass is 16.5. The van der Waals surface area contributed by atoms with Gasteiger partial charge in [0.2, 0.25) is 0 Å². The van der Waals surface area contributed by atoms with Crippen molar-refractivity contribution in [2.24, 2.45) is 0 Å². The summed E-state index contributed by atoms with van der Waals surface area (Å²) in [7, 11) is 0. The van der Waals surface area contributed by atoms with Gasteiger partial charge in [-0.25, -0.2) is 0 Å². The van der Waals surface area contributed by atoms with Gasteiger partial charge < -0.3 is 9.84 Å². The molecule has 76 valence electrons. The largest absolute Gasteiger partial charge is 0.490 e. The Morgan fingerprint density at radius 2 is 2.21 bits per heavy atom. The van der Waals surface area contributed by atoms with Crippen molar-refractivity contribution in [2.45, 2.75) is 31.8 Å². The van der Waals surface area contributed by atoms with Gasteiger partial charge in [0.25, 0.3) is 0 Å². The molecule has 1 aromatic carbocycles. The first-order valence-electron chi connectivity index (χ1n) is 5.25. The molecule has 2 rings (SSSR count). The van der Waals surface area contributed by atoms with Crippen LogP contribution in [0.25, 0.3) is 0 Å². The highest BCUT2D eigenvalue weighted by Gasteiger charge is 2.23.